The number of fused-ring (bicyclic) bond motifs is 1. The lowest BCUT2D eigenvalue weighted by Gasteiger charge is -2.07. The van der Waals surface area contributed by atoms with Crippen LogP contribution in [0.25, 0.3) is 22.2 Å². The summed E-state index contributed by atoms with van der Waals surface area (Å²) in [7, 11) is 0. The minimum atomic E-state index is 0.563. The van der Waals surface area contributed by atoms with Crippen molar-refractivity contribution < 1.29 is 0 Å². The first-order chi connectivity index (χ1) is 11.1. The molecule has 0 unspecified atom stereocenters. The first kappa shape index (κ1) is 16.8. The number of hydrogen-bond acceptors (Lipinski definition) is 1. The lowest BCUT2D eigenvalue weighted by atomic mass is 10.0. The molecule has 0 aliphatic rings. The van der Waals surface area contributed by atoms with Crippen molar-refractivity contribution in [3.63, 3.8) is 0 Å². The molecule has 0 fully saturated rings. The van der Waals surface area contributed by atoms with Crippen molar-refractivity contribution in [3.05, 3.63) is 56.5 Å². The molecule has 0 aliphatic carbocycles. The molecule has 1 heterocycles. The molecule has 3 N–H and O–H groups in total. The van der Waals surface area contributed by atoms with E-state index in [9.17, 15) is 0 Å². The number of unbranched alkanes of at least 4 members (excludes halogenated alkanes) is 1. The molecule has 1 aromatic heterocycles. The van der Waals surface area contributed by atoms with Crippen molar-refractivity contribution >= 4 is 50.0 Å². The summed E-state index contributed by atoms with van der Waals surface area (Å²) >= 11 is 16.2. The third kappa shape index (κ3) is 3.29. The summed E-state index contributed by atoms with van der Waals surface area (Å²) in [5.74, 6) is 0. The molecular weight excluding hydrogens is 395 g/mol. The highest BCUT2D eigenvalue weighted by molar-refractivity contribution is 9.10. The lowest BCUT2D eigenvalue weighted by Crippen LogP contribution is -1.99. The van der Waals surface area contributed by atoms with E-state index < -0.39 is 0 Å². The zero-order valence-corrected chi connectivity index (χ0v) is 15.6. The highest BCUT2D eigenvalue weighted by atomic mass is 79.9. The molecule has 3 rings (SSSR count). The van der Waals surface area contributed by atoms with Crippen molar-refractivity contribution in [2.45, 2.75) is 19.3 Å². The number of aromatic amines is 1. The van der Waals surface area contributed by atoms with Gasteiger partial charge in [0.25, 0.3) is 0 Å². The lowest BCUT2D eigenvalue weighted by molar-refractivity contribution is 0.748. The number of aryl methyl sites for hydroxylation is 1. The molecule has 0 saturated carbocycles. The van der Waals surface area contributed by atoms with Crippen molar-refractivity contribution in [1.29, 1.82) is 0 Å². The van der Waals surface area contributed by atoms with Crippen LogP contribution in [0.2, 0.25) is 10.0 Å². The number of halogens is 3. The smallest absolute Gasteiger partial charge is 0.0833 e. The summed E-state index contributed by atoms with van der Waals surface area (Å²) in [6.45, 7) is 0.708. The Bertz CT molecular complexity index is 842. The minimum Gasteiger partial charge on any atom is -0.353 e. The topological polar surface area (TPSA) is 41.8 Å². The summed E-state index contributed by atoms with van der Waals surface area (Å²) in [4.78, 5) is 3.48. The van der Waals surface area contributed by atoms with Gasteiger partial charge in [0, 0.05) is 15.4 Å². The number of rotatable bonds is 5. The molecule has 23 heavy (non-hydrogen) atoms. The van der Waals surface area contributed by atoms with Crippen LogP contribution >= 0.6 is 39.1 Å². The fourth-order valence-electron chi connectivity index (χ4n) is 2.86. The largest absolute Gasteiger partial charge is 0.353 e. The molecule has 0 amide bonds. The fourth-order valence-corrected chi connectivity index (χ4v) is 3.71. The van der Waals surface area contributed by atoms with Crippen LogP contribution in [0.4, 0.5) is 0 Å². The first-order valence-electron chi connectivity index (χ1n) is 7.57. The van der Waals surface area contributed by atoms with E-state index in [0.717, 1.165) is 45.9 Å². The van der Waals surface area contributed by atoms with Gasteiger partial charge in [0.15, 0.2) is 0 Å². The van der Waals surface area contributed by atoms with E-state index >= 15 is 0 Å². The van der Waals surface area contributed by atoms with Crippen LogP contribution < -0.4 is 5.73 Å². The van der Waals surface area contributed by atoms with Gasteiger partial charge in [-0.3, -0.25) is 0 Å². The quantitative estimate of drug-likeness (QED) is 0.483. The maximum Gasteiger partial charge on any atom is 0.0833 e. The molecule has 0 bridgehead atoms. The molecule has 2 aromatic carbocycles. The number of H-pyrrole nitrogens is 1. The Morgan fingerprint density at radius 1 is 1.04 bits per heavy atom. The molecule has 2 nitrogen and oxygen atoms in total. The Balaban J connectivity index is 2.21. The van der Waals surface area contributed by atoms with Gasteiger partial charge in [0.05, 0.1) is 21.3 Å². The zero-order valence-electron chi connectivity index (χ0n) is 12.5. The van der Waals surface area contributed by atoms with Crippen molar-refractivity contribution in [3.8, 4) is 11.3 Å². The average Bonchev–Trinajstić information content (AvgIpc) is 2.91. The predicted octanol–water partition coefficient (Wildman–Crippen LogP) is 6.19. The standard InChI is InChI=1S/C18H17BrCl2N2/c19-14-7-2-1-6-13(14)17-11(5-3-4-10-22)12-8-9-15(20)16(21)18(12)23-17/h1-2,6-9,23H,3-5,10,22H2. The van der Waals surface area contributed by atoms with Gasteiger partial charge in [-0.2, -0.15) is 0 Å². The number of aromatic nitrogens is 1. The third-order valence-electron chi connectivity index (χ3n) is 4.00. The Morgan fingerprint density at radius 3 is 2.57 bits per heavy atom. The summed E-state index contributed by atoms with van der Waals surface area (Å²) in [6.07, 6.45) is 3.00. The normalized spacial score (nSPS) is 11.3. The molecule has 5 heteroatoms. The number of hydrogen-bond donors (Lipinski definition) is 2. The predicted molar refractivity (Wildman–Crippen MR) is 103 cm³/mol. The van der Waals surface area contributed by atoms with Crippen LogP contribution in [0.3, 0.4) is 0 Å². The highest BCUT2D eigenvalue weighted by Crippen LogP contribution is 2.39. The van der Waals surface area contributed by atoms with Gasteiger partial charge >= 0.3 is 0 Å². The SMILES string of the molecule is NCCCCc1c(-c2ccccc2Br)[nH]c2c(Cl)c(Cl)ccc12. The van der Waals surface area contributed by atoms with Gasteiger partial charge in [-0.05, 0) is 43.5 Å². The van der Waals surface area contributed by atoms with E-state index in [1.54, 1.807) is 0 Å². The maximum atomic E-state index is 6.40. The second-order valence-electron chi connectivity index (χ2n) is 5.49. The summed E-state index contributed by atoms with van der Waals surface area (Å²) in [6, 6.07) is 12.1. The van der Waals surface area contributed by atoms with Crippen LogP contribution in [0.1, 0.15) is 18.4 Å². The van der Waals surface area contributed by atoms with Crippen LogP contribution in [-0.2, 0) is 6.42 Å². The minimum absolute atomic E-state index is 0.563. The number of nitrogens with one attached hydrogen (secondary N) is 1. The molecule has 0 radical (unpaired) electrons. The molecular formula is C18H17BrCl2N2. The first-order valence-corrected chi connectivity index (χ1v) is 9.12. The van der Waals surface area contributed by atoms with Crippen LogP contribution in [0.5, 0.6) is 0 Å². The van der Waals surface area contributed by atoms with Crippen LogP contribution in [-0.4, -0.2) is 11.5 Å². The van der Waals surface area contributed by atoms with Gasteiger partial charge in [-0.15, -0.1) is 0 Å². The second kappa shape index (κ2) is 7.27. The van der Waals surface area contributed by atoms with Gasteiger partial charge in [0.2, 0.25) is 0 Å². The van der Waals surface area contributed by atoms with Crippen molar-refractivity contribution in [1.82, 2.24) is 4.98 Å². The fraction of sp³-hybridized carbons (Fsp3) is 0.222. The van der Waals surface area contributed by atoms with E-state index in [-0.39, 0.29) is 0 Å². The van der Waals surface area contributed by atoms with E-state index in [4.69, 9.17) is 28.9 Å². The van der Waals surface area contributed by atoms with Crippen molar-refractivity contribution in [2.75, 3.05) is 6.54 Å². The average molecular weight is 412 g/mol. The molecule has 120 valence electrons. The maximum absolute atomic E-state index is 6.40. The van der Waals surface area contributed by atoms with E-state index in [1.165, 1.54) is 5.56 Å². The van der Waals surface area contributed by atoms with Crippen LogP contribution in [0, 0.1) is 0 Å². The molecule has 0 spiro atoms. The van der Waals surface area contributed by atoms with E-state index in [0.29, 0.717) is 16.6 Å². The van der Waals surface area contributed by atoms with E-state index in [2.05, 4.69) is 27.0 Å². The summed E-state index contributed by atoms with van der Waals surface area (Å²) in [5.41, 5.74) is 10.0. The van der Waals surface area contributed by atoms with Gasteiger partial charge in [0.1, 0.15) is 0 Å². The Kier molecular flexibility index (Phi) is 5.32. The molecule has 3 aromatic rings. The number of nitrogens with two attached hydrogens (primary N) is 1. The van der Waals surface area contributed by atoms with Gasteiger partial charge < -0.3 is 10.7 Å². The van der Waals surface area contributed by atoms with E-state index in [1.807, 2.05) is 30.3 Å². The summed E-state index contributed by atoms with van der Waals surface area (Å²) in [5, 5.41) is 2.26. The molecule has 0 aliphatic heterocycles. The van der Waals surface area contributed by atoms with Crippen LogP contribution in [0.15, 0.2) is 40.9 Å². The monoisotopic (exact) mass is 410 g/mol. The highest BCUT2D eigenvalue weighted by Gasteiger charge is 2.17. The van der Waals surface area contributed by atoms with Gasteiger partial charge in [-0.25, -0.2) is 0 Å². The Labute approximate surface area is 154 Å². The zero-order chi connectivity index (χ0) is 16.4. The molecule has 0 atom stereocenters. The molecule has 0 saturated heterocycles. The third-order valence-corrected chi connectivity index (χ3v) is 5.49. The van der Waals surface area contributed by atoms with Crippen molar-refractivity contribution in [2.24, 2.45) is 5.73 Å². The van der Waals surface area contributed by atoms with Gasteiger partial charge in [-0.1, -0.05) is 63.4 Å². The Hall–Kier alpha value is -1.00. The Morgan fingerprint density at radius 2 is 1.83 bits per heavy atom. The summed E-state index contributed by atoms with van der Waals surface area (Å²) < 4.78 is 1.05. The second-order valence-corrected chi connectivity index (χ2v) is 7.13. The number of benzene rings is 2.